The molecule has 1 aliphatic heterocycles. The Morgan fingerprint density at radius 2 is 1.60 bits per heavy atom. The number of nitrogens with two attached hydrogens (primary N) is 1. The highest BCUT2D eigenvalue weighted by atomic mass is 16.5. The molecule has 1 rings (SSSR count). The fraction of sp³-hybridized carbons (Fsp3) is 0.684. The minimum Gasteiger partial charge on any atom is -0.391 e. The maximum Gasteiger partial charge on any atom is 0.316 e. The molecule has 16 heteroatoms. The lowest BCUT2D eigenvalue weighted by molar-refractivity contribution is -0.134. The first-order chi connectivity index (χ1) is 16.5. The predicted molar refractivity (Wildman–Crippen MR) is 118 cm³/mol. The van der Waals surface area contributed by atoms with Crippen molar-refractivity contribution in [1.82, 2.24) is 32.1 Å². The number of primary amides is 1. The van der Waals surface area contributed by atoms with Crippen LogP contribution in [0.4, 0.5) is 4.79 Å². The van der Waals surface area contributed by atoms with Crippen LogP contribution in [0.5, 0.6) is 0 Å². The number of hydrogen-bond donors (Lipinski definition) is 8. The monoisotopic (exact) mass is 503 g/mol. The first-order valence-electron chi connectivity index (χ1n) is 10.9. The molecule has 0 radical (unpaired) electrons. The lowest BCUT2D eigenvalue weighted by Crippen LogP contribution is -2.60. The van der Waals surface area contributed by atoms with Crippen LogP contribution in [0, 0.1) is 0 Å². The van der Waals surface area contributed by atoms with Crippen molar-refractivity contribution in [2.45, 2.75) is 50.9 Å². The number of nitrogens with one attached hydrogen (secondary N) is 6. The molecule has 0 spiro atoms. The Hall–Kier alpha value is -3.50. The highest BCUT2D eigenvalue weighted by Crippen LogP contribution is 1.97. The predicted octanol–water partition coefficient (Wildman–Crippen LogP) is -4.52. The zero-order valence-corrected chi connectivity index (χ0v) is 19.5. The van der Waals surface area contributed by atoms with Crippen LogP contribution in [-0.4, -0.2) is 97.9 Å². The number of aliphatic hydroxyl groups excluding tert-OH is 1. The zero-order chi connectivity index (χ0) is 26.4. The smallest absolute Gasteiger partial charge is 0.316 e. The summed E-state index contributed by atoms with van der Waals surface area (Å²) in [7, 11) is 0. The van der Waals surface area contributed by atoms with E-state index in [2.05, 4.69) is 26.7 Å². The third kappa shape index (κ3) is 11.5. The Morgan fingerprint density at radius 3 is 2.20 bits per heavy atom. The minimum absolute atomic E-state index is 0.0461. The van der Waals surface area contributed by atoms with Gasteiger partial charge in [-0.3, -0.25) is 34.8 Å². The number of hydrazine groups is 1. The molecule has 0 aromatic rings. The molecule has 4 atom stereocenters. The number of carbonyl (C=O) groups excluding carboxylic acids is 6. The number of amides is 7. The van der Waals surface area contributed by atoms with Crippen LogP contribution in [0.2, 0.25) is 0 Å². The molecule has 1 fully saturated rings. The second-order valence-corrected chi connectivity index (χ2v) is 7.52. The van der Waals surface area contributed by atoms with E-state index in [9.17, 15) is 33.9 Å². The topological polar surface area (TPSA) is 239 Å². The molecule has 0 saturated carbocycles. The van der Waals surface area contributed by atoms with Crippen LogP contribution in [0.15, 0.2) is 0 Å². The molecule has 9 N–H and O–H groups in total. The lowest BCUT2D eigenvalue weighted by Gasteiger charge is -2.23. The van der Waals surface area contributed by atoms with E-state index >= 15 is 0 Å². The largest absolute Gasteiger partial charge is 0.391 e. The van der Waals surface area contributed by atoms with Crippen molar-refractivity contribution in [1.29, 1.82) is 0 Å². The van der Waals surface area contributed by atoms with Crippen molar-refractivity contribution in [2.75, 3.05) is 33.0 Å². The van der Waals surface area contributed by atoms with Gasteiger partial charge in [0.05, 0.1) is 32.3 Å². The molecule has 0 aromatic carbocycles. The molecule has 0 bridgehead atoms. The molecule has 198 valence electrons. The van der Waals surface area contributed by atoms with Crippen molar-refractivity contribution in [3.05, 3.63) is 0 Å². The molecule has 1 heterocycles. The quantitative estimate of drug-likeness (QED) is 0.184. The summed E-state index contributed by atoms with van der Waals surface area (Å²) in [6.07, 6.45) is -1.76. The zero-order valence-electron chi connectivity index (χ0n) is 19.5. The lowest BCUT2D eigenvalue weighted by atomic mass is 10.1. The molecule has 16 nitrogen and oxygen atoms in total. The van der Waals surface area contributed by atoms with Crippen molar-refractivity contribution < 1.29 is 43.3 Å². The molecule has 1 unspecified atom stereocenters. The van der Waals surface area contributed by atoms with Crippen LogP contribution in [0.3, 0.4) is 0 Å². The summed E-state index contributed by atoms with van der Waals surface area (Å²) in [5.74, 6) is -4.02. The van der Waals surface area contributed by atoms with Crippen LogP contribution < -0.4 is 37.9 Å². The molecular weight excluding hydrogens is 470 g/mol. The van der Waals surface area contributed by atoms with Crippen molar-refractivity contribution in [3.8, 4) is 0 Å². The van der Waals surface area contributed by atoms with Gasteiger partial charge in [-0.05, 0) is 13.3 Å². The number of aliphatic hydroxyl groups is 1. The van der Waals surface area contributed by atoms with E-state index in [1.54, 1.807) is 6.92 Å². The van der Waals surface area contributed by atoms with E-state index in [0.29, 0.717) is 0 Å². The number of ether oxygens (including phenoxy) is 2. The van der Waals surface area contributed by atoms with Crippen molar-refractivity contribution in [2.24, 2.45) is 5.73 Å². The summed E-state index contributed by atoms with van der Waals surface area (Å²) >= 11 is 0. The molecule has 35 heavy (non-hydrogen) atoms. The average Bonchev–Trinajstić information content (AvgIpc) is 2.79. The van der Waals surface area contributed by atoms with Gasteiger partial charge in [-0.15, -0.1) is 0 Å². The van der Waals surface area contributed by atoms with Gasteiger partial charge in [0.1, 0.15) is 24.7 Å². The summed E-state index contributed by atoms with van der Waals surface area (Å²) in [5, 5.41) is 19.2. The molecule has 1 aliphatic rings. The standard InChI is InChI=1S/C19H33N7O9/c1-3-11-16(30)25-26-17(31)12(8-13(20)28)23-19(33)24-15(10(2)27)18(32)21-4-5-34-6-7-35-9-14(29)22-11/h10-12,15,27H,3-9H2,1-2H3,(H2,20,28)(H,21,32)(H,22,29)(H,25,30)(H,26,31)(H2,23,24,33)/t10?,11-,12-,15-/m0/s1. The van der Waals surface area contributed by atoms with Crippen molar-refractivity contribution in [3.63, 3.8) is 0 Å². The maximum atomic E-state index is 12.5. The Balaban J connectivity index is 2.99. The summed E-state index contributed by atoms with van der Waals surface area (Å²) in [5.41, 5.74) is 9.27. The Bertz CT molecular complexity index is 778. The summed E-state index contributed by atoms with van der Waals surface area (Å²) in [6, 6.07) is -4.99. The van der Waals surface area contributed by atoms with E-state index in [1.165, 1.54) is 6.92 Å². The number of carbonyl (C=O) groups is 6. The van der Waals surface area contributed by atoms with Gasteiger partial charge in [0.25, 0.3) is 11.8 Å². The van der Waals surface area contributed by atoms with Gasteiger partial charge in [0.2, 0.25) is 17.7 Å². The van der Waals surface area contributed by atoms with E-state index in [4.69, 9.17) is 15.2 Å². The third-order valence-corrected chi connectivity index (χ3v) is 4.60. The Labute approximate surface area is 201 Å². The molecule has 7 amide bonds. The van der Waals surface area contributed by atoms with Crippen LogP contribution in [0.1, 0.15) is 26.7 Å². The normalized spacial score (nSPS) is 25.3. The molecular formula is C19H33N7O9. The van der Waals surface area contributed by atoms with Gasteiger partial charge >= 0.3 is 6.03 Å². The molecule has 0 aliphatic carbocycles. The Kier molecular flexibility index (Phi) is 13.0. The van der Waals surface area contributed by atoms with Crippen LogP contribution in [0.25, 0.3) is 0 Å². The number of hydrogen-bond acceptors (Lipinski definition) is 9. The maximum absolute atomic E-state index is 12.5. The number of rotatable bonds is 4. The SMILES string of the molecule is CC[C@@H]1NC(=O)COCCOCCNC(=O)[C@H](C(C)O)NC(=O)N[C@@H](CC(N)=O)C(=O)NNC1=O. The van der Waals surface area contributed by atoms with E-state index in [-0.39, 0.29) is 39.4 Å². The first kappa shape index (κ1) is 29.5. The third-order valence-electron chi connectivity index (χ3n) is 4.60. The summed E-state index contributed by atoms with van der Waals surface area (Å²) in [4.78, 5) is 72.9. The van der Waals surface area contributed by atoms with Gasteiger partial charge in [0.15, 0.2) is 0 Å². The Morgan fingerprint density at radius 1 is 0.971 bits per heavy atom. The first-order valence-corrected chi connectivity index (χ1v) is 10.9. The minimum atomic E-state index is -1.53. The summed E-state index contributed by atoms with van der Waals surface area (Å²) in [6.45, 7) is 2.86. The number of urea groups is 1. The molecule has 1 saturated heterocycles. The summed E-state index contributed by atoms with van der Waals surface area (Å²) < 4.78 is 10.4. The fourth-order valence-corrected chi connectivity index (χ4v) is 2.78. The molecule has 0 aromatic heterocycles. The van der Waals surface area contributed by atoms with Gasteiger partial charge in [0, 0.05) is 6.54 Å². The van der Waals surface area contributed by atoms with Gasteiger partial charge in [-0.2, -0.15) is 0 Å². The van der Waals surface area contributed by atoms with Gasteiger partial charge < -0.3 is 41.6 Å². The van der Waals surface area contributed by atoms with Gasteiger partial charge in [-0.25, -0.2) is 4.79 Å². The van der Waals surface area contributed by atoms with E-state index in [1.807, 2.05) is 5.43 Å². The second-order valence-electron chi connectivity index (χ2n) is 7.52. The average molecular weight is 504 g/mol. The van der Waals surface area contributed by atoms with Crippen LogP contribution >= 0.6 is 0 Å². The highest BCUT2D eigenvalue weighted by molar-refractivity contribution is 5.94. The van der Waals surface area contributed by atoms with Gasteiger partial charge in [-0.1, -0.05) is 6.92 Å². The van der Waals surface area contributed by atoms with Crippen molar-refractivity contribution >= 4 is 35.6 Å². The van der Waals surface area contributed by atoms with E-state index in [0.717, 1.165) is 0 Å². The van der Waals surface area contributed by atoms with Crippen LogP contribution in [-0.2, 0) is 33.4 Å². The highest BCUT2D eigenvalue weighted by Gasteiger charge is 2.29. The van der Waals surface area contributed by atoms with E-state index < -0.39 is 66.2 Å². The second kappa shape index (κ2) is 15.4. The fourth-order valence-electron chi connectivity index (χ4n) is 2.78.